The highest BCUT2D eigenvalue weighted by atomic mass is 16.3. The van der Waals surface area contributed by atoms with Crippen molar-refractivity contribution in [3.63, 3.8) is 0 Å². The van der Waals surface area contributed by atoms with Crippen LogP contribution >= 0.6 is 0 Å². The number of phenolic OH excluding ortho intramolecular Hbond substituents is 1. The van der Waals surface area contributed by atoms with Crippen LogP contribution in [0.25, 0.3) is 0 Å². The van der Waals surface area contributed by atoms with Gasteiger partial charge in [-0.2, -0.15) is 0 Å². The summed E-state index contributed by atoms with van der Waals surface area (Å²) < 4.78 is 0. The number of amides is 1. The van der Waals surface area contributed by atoms with Gasteiger partial charge in [0.25, 0.3) is 0 Å². The highest BCUT2D eigenvalue weighted by Gasteiger charge is 2.28. The van der Waals surface area contributed by atoms with Crippen LogP contribution < -0.4 is 5.32 Å². The van der Waals surface area contributed by atoms with Gasteiger partial charge in [0.1, 0.15) is 5.75 Å². The van der Waals surface area contributed by atoms with Gasteiger partial charge in [0.15, 0.2) is 0 Å². The van der Waals surface area contributed by atoms with Crippen LogP contribution in [0.5, 0.6) is 5.75 Å². The number of phenols is 1. The molecule has 4 nitrogen and oxygen atoms in total. The fraction of sp³-hybridized carbons (Fsp3) is 0.609. The van der Waals surface area contributed by atoms with Gasteiger partial charge < -0.3 is 15.5 Å². The molecule has 2 atom stereocenters. The van der Waals surface area contributed by atoms with E-state index in [4.69, 9.17) is 0 Å². The summed E-state index contributed by atoms with van der Waals surface area (Å²) in [5.41, 5.74) is 0.900. The molecule has 148 valence electrons. The Bertz CT molecular complexity index is 649. The van der Waals surface area contributed by atoms with E-state index in [1.165, 1.54) is 32.1 Å². The van der Waals surface area contributed by atoms with E-state index in [1.807, 2.05) is 24.3 Å². The van der Waals surface area contributed by atoms with Crippen molar-refractivity contribution in [1.82, 2.24) is 5.32 Å². The first-order chi connectivity index (χ1) is 13.1. The lowest BCUT2D eigenvalue weighted by molar-refractivity contribution is -0.121. The number of aliphatic hydroxyl groups excluding tert-OH is 1. The van der Waals surface area contributed by atoms with Gasteiger partial charge in [-0.25, -0.2) is 0 Å². The highest BCUT2D eigenvalue weighted by Crippen LogP contribution is 2.41. The summed E-state index contributed by atoms with van der Waals surface area (Å²) in [6.07, 6.45) is 11.9. The predicted molar refractivity (Wildman–Crippen MR) is 108 cm³/mol. The molecular formula is C23H33NO3. The largest absolute Gasteiger partial charge is 0.513 e. The number of rotatable bonds is 7. The fourth-order valence-corrected chi connectivity index (χ4v) is 4.73. The third-order valence-electron chi connectivity index (χ3n) is 6.29. The van der Waals surface area contributed by atoms with E-state index in [-0.39, 0.29) is 17.7 Å². The second-order valence-electron chi connectivity index (χ2n) is 8.25. The van der Waals surface area contributed by atoms with Gasteiger partial charge in [-0.05, 0) is 67.6 Å². The molecule has 0 saturated heterocycles. The maximum absolute atomic E-state index is 12.4. The number of hydrogen-bond acceptors (Lipinski definition) is 3. The van der Waals surface area contributed by atoms with Crippen LogP contribution in [0.3, 0.4) is 0 Å². The first-order valence-electron chi connectivity index (χ1n) is 10.6. The molecule has 2 aliphatic rings. The SMILES string of the molecule is O=C(CCC(c1ccccc1O)C1CCC=C(O)C1)NCC1CCCCC1. The smallest absolute Gasteiger partial charge is 0.220 e. The number of aliphatic hydroxyl groups is 1. The lowest BCUT2D eigenvalue weighted by Gasteiger charge is -2.30. The number of carbonyl (C=O) groups is 1. The summed E-state index contributed by atoms with van der Waals surface area (Å²) in [5.74, 6) is 1.82. The maximum atomic E-state index is 12.4. The molecular weight excluding hydrogens is 338 g/mol. The predicted octanol–water partition coefficient (Wildman–Crippen LogP) is 5.19. The zero-order chi connectivity index (χ0) is 19.1. The van der Waals surface area contributed by atoms with Crippen molar-refractivity contribution in [1.29, 1.82) is 0 Å². The Hall–Kier alpha value is -1.97. The number of allylic oxidation sites excluding steroid dienone is 2. The van der Waals surface area contributed by atoms with Crippen molar-refractivity contribution in [3.8, 4) is 5.75 Å². The standard InChI is InChI=1S/C23H33NO3/c25-19-10-6-9-18(15-19)20(21-11-4-5-12-22(21)26)13-14-23(27)24-16-17-7-2-1-3-8-17/h4-5,10-12,17-18,20,25-26H,1-3,6-9,13-16H2,(H,24,27). The van der Waals surface area contributed by atoms with E-state index in [0.29, 0.717) is 36.7 Å². The molecule has 1 fully saturated rings. The summed E-state index contributed by atoms with van der Waals surface area (Å²) in [6, 6.07) is 7.42. The van der Waals surface area contributed by atoms with Crippen molar-refractivity contribution in [2.75, 3.05) is 6.54 Å². The molecule has 4 heteroatoms. The molecule has 0 bridgehead atoms. The molecule has 0 aliphatic heterocycles. The second kappa shape index (κ2) is 9.82. The second-order valence-corrected chi connectivity index (χ2v) is 8.25. The lowest BCUT2D eigenvalue weighted by atomic mass is 9.76. The zero-order valence-corrected chi connectivity index (χ0v) is 16.2. The molecule has 27 heavy (non-hydrogen) atoms. The summed E-state index contributed by atoms with van der Waals surface area (Å²) in [4.78, 5) is 12.4. The van der Waals surface area contributed by atoms with Gasteiger partial charge in [-0.3, -0.25) is 4.79 Å². The Morgan fingerprint density at radius 1 is 1.11 bits per heavy atom. The molecule has 2 aliphatic carbocycles. The number of benzene rings is 1. The van der Waals surface area contributed by atoms with E-state index in [0.717, 1.165) is 24.9 Å². The molecule has 0 heterocycles. The molecule has 1 amide bonds. The minimum atomic E-state index is 0.0856. The van der Waals surface area contributed by atoms with Gasteiger partial charge in [0.05, 0.1) is 5.76 Å². The van der Waals surface area contributed by atoms with Crippen LogP contribution in [0, 0.1) is 11.8 Å². The Balaban J connectivity index is 1.58. The van der Waals surface area contributed by atoms with Crippen molar-refractivity contribution in [3.05, 3.63) is 41.7 Å². The Morgan fingerprint density at radius 3 is 2.63 bits per heavy atom. The van der Waals surface area contributed by atoms with Crippen molar-refractivity contribution < 1.29 is 15.0 Å². The normalized spacial score (nSPS) is 22.1. The Kier molecular flexibility index (Phi) is 7.19. The number of para-hydroxylation sites is 1. The Morgan fingerprint density at radius 2 is 1.89 bits per heavy atom. The lowest BCUT2D eigenvalue weighted by Crippen LogP contribution is -2.30. The van der Waals surface area contributed by atoms with E-state index in [1.54, 1.807) is 6.07 Å². The topological polar surface area (TPSA) is 69.6 Å². The molecule has 1 aromatic rings. The number of carbonyl (C=O) groups excluding carboxylic acids is 1. The van der Waals surface area contributed by atoms with Crippen molar-refractivity contribution >= 4 is 5.91 Å². The minimum Gasteiger partial charge on any atom is -0.513 e. The van der Waals surface area contributed by atoms with Crippen molar-refractivity contribution in [2.24, 2.45) is 11.8 Å². The van der Waals surface area contributed by atoms with Crippen LogP contribution in [-0.4, -0.2) is 22.7 Å². The first kappa shape index (κ1) is 19.8. The molecule has 3 rings (SSSR count). The van der Waals surface area contributed by atoms with E-state index < -0.39 is 0 Å². The van der Waals surface area contributed by atoms with Gasteiger partial charge >= 0.3 is 0 Å². The summed E-state index contributed by atoms with van der Waals surface area (Å²) in [7, 11) is 0. The van der Waals surface area contributed by atoms with Gasteiger partial charge in [-0.15, -0.1) is 0 Å². The summed E-state index contributed by atoms with van der Waals surface area (Å²) >= 11 is 0. The highest BCUT2D eigenvalue weighted by molar-refractivity contribution is 5.75. The van der Waals surface area contributed by atoms with E-state index >= 15 is 0 Å². The third kappa shape index (κ3) is 5.75. The van der Waals surface area contributed by atoms with Crippen molar-refractivity contribution in [2.45, 2.75) is 70.1 Å². The Labute approximate surface area is 162 Å². The molecule has 0 spiro atoms. The molecule has 0 radical (unpaired) electrons. The molecule has 3 N–H and O–H groups in total. The van der Waals surface area contributed by atoms with E-state index in [2.05, 4.69) is 5.32 Å². The molecule has 0 aromatic heterocycles. The van der Waals surface area contributed by atoms with Crippen LogP contribution in [0.15, 0.2) is 36.1 Å². The number of aromatic hydroxyl groups is 1. The molecule has 1 aromatic carbocycles. The van der Waals surface area contributed by atoms with Crippen LogP contribution in [0.4, 0.5) is 0 Å². The summed E-state index contributed by atoms with van der Waals surface area (Å²) in [5, 5.41) is 23.4. The molecule has 2 unspecified atom stereocenters. The average molecular weight is 372 g/mol. The molecule has 1 saturated carbocycles. The number of nitrogens with one attached hydrogen (secondary N) is 1. The van der Waals surface area contributed by atoms with Crippen LogP contribution in [0.2, 0.25) is 0 Å². The average Bonchev–Trinajstić information content (AvgIpc) is 2.69. The first-order valence-corrected chi connectivity index (χ1v) is 10.6. The third-order valence-corrected chi connectivity index (χ3v) is 6.29. The van der Waals surface area contributed by atoms with E-state index in [9.17, 15) is 15.0 Å². The maximum Gasteiger partial charge on any atom is 0.220 e. The number of hydrogen-bond donors (Lipinski definition) is 3. The summed E-state index contributed by atoms with van der Waals surface area (Å²) in [6.45, 7) is 0.799. The van der Waals surface area contributed by atoms with Gasteiger partial charge in [0, 0.05) is 19.4 Å². The fourth-order valence-electron chi connectivity index (χ4n) is 4.73. The van der Waals surface area contributed by atoms with Crippen LogP contribution in [-0.2, 0) is 4.79 Å². The monoisotopic (exact) mass is 371 g/mol. The van der Waals surface area contributed by atoms with Crippen LogP contribution in [0.1, 0.15) is 75.7 Å². The minimum absolute atomic E-state index is 0.0856. The quantitative estimate of drug-likeness (QED) is 0.617. The van der Waals surface area contributed by atoms with Gasteiger partial charge in [0.2, 0.25) is 5.91 Å². The zero-order valence-electron chi connectivity index (χ0n) is 16.2. The van der Waals surface area contributed by atoms with Gasteiger partial charge in [-0.1, -0.05) is 37.5 Å².